The molecule has 0 heterocycles. The minimum Gasteiger partial charge on any atom is -0.481 e. The second-order valence-corrected chi connectivity index (χ2v) is 6.02. The normalized spacial score (nSPS) is 18.4. The molecule has 1 aliphatic rings. The number of aliphatic carboxylic acids is 1. The maximum absolute atomic E-state index is 14.5. The van der Waals surface area contributed by atoms with Gasteiger partial charge in [0, 0.05) is 12.0 Å². The van der Waals surface area contributed by atoms with E-state index in [1.807, 2.05) is 0 Å². The van der Waals surface area contributed by atoms with E-state index in [1.165, 1.54) is 0 Å². The Bertz CT molecular complexity index is 491. The van der Waals surface area contributed by atoms with Crippen molar-refractivity contribution in [1.29, 1.82) is 0 Å². The predicted octanol–water partition coefficient (Wildman–Crippen LogP) is 4.73. The fourth-order valence-corrected chi connectivity index (χ4v) is 3.31. The largest absolute Gasteiger partial charge is 0.481 e. The van der Waals surface area contributed by atoms with Gasteiger partial charge < -0.3 is 5.11 Å². The average molecular weight is 300 g/mol. The molecule has 0 bridgehead atoms. The molecule has 2 nitrogen and oxygen atoms in total. The number of rotatable bonds is 5. The maximum Gasteiger partial charge on any atom is 0.303 e. The van der Waals surface area contributed by atoms with Gasteiger partial charge in [-0.25, -0.2) is 13.2 Å². The zero-order chi connectivity index (χ0) is 15.5. The van der Waals surface area contributed by atoms with Gasteiger partial charge in [0.25, 0.3) is 5.92 Å². The summed E-state index contributed by atoms with van der Waals surface area (Å²) in [6.45, 7) is 0. The van der Waals surface area contributed by atoms with Crippen LogP contribution in [0.25, 0.3) is 0 Å². The molecule has 0 radical (unpaired) electrons. The molecule has 5 heteroatoms. The van der Waals surface area contributed by atoms with Gasteiger partial charge in [0.05, 0.1) is 6.42 Å². The monoisotopic (exact) mass is 300 g/mol. The molecule has 0 atom stereocenters. The van der Waals surface area contributed by atoms with E-state index in [4.69, 9.17) is 5.11 Å². The Kier molecular flexibility index (Phi) is 4.59. The van der Waals surface area contributed by atoms with Crippen LogP contribution in [0.15, 0.2) is 24.3 Å². The van der Waals surface area contributed by atoms with Crippen LogP contribution in [-0.2, 0) is 10.7 Å². The molecule has 1 fully saturated rings. The van der Waals surface area contributed by atoms with Gasteiger partial charge in [-0.3, -0.25) is 4.79 Å². The van der Waals surface area contributed by atoms with Gasteiger partial charge in [-0.15, -0.1) is 0 Å². The van der Waals surface area contributed by atoms with Crippen molar-refractivity contribution in [3.05, 3.63) is 35.6 Å². The first-order chi connectivity index (χ1) is 9.83. The highest BCUT2D eigenvalue weighted by Crippen LogP contribution is 2.49. The van der Waals surface area contributed by atoms with E-state index in [1.54, 1.807) is 0 Å². The van der Waals surface area contributed by atoms with Gasteiger partial charge in [0.1, 0.15) is 5.82 Å². The van der Waals surface area contributed by atoms with E-state index in [9.17, 15) is 18.0 Å². The van der Waals surface area contributed by atoms with Crippen LogP contribution < -0.4 is 0 Å². The number of carboxylic acid groups (broad SMARTS) is 1. The van der Waals surface area contributed by atoms with Gasteiger partial charge in [-0.1, -0.05) is 31.4 Å². The first-order valence-corrected chi connectivity index (χ1v) is 7.19. The number of benzene rings is 1. The molecule has 0 aliphatic heterocycles. The lowest BCUT2D eigenvalue weighted by molar-refractivity contribution is -0.143. The Labute approximate surface area is 122 Å². The number of hydrogen-bond acceptors (Lipinski definition) is 1. The lowest BCUT2D eigenvalue weighted by atomic mass is 9.68. The summed E-state index contributed by atoms with van der Waals surface area (Å²) >= 11 is 0. The molecular weight excluding hydrogens is 281 g/mol. The van der Waals surface area contributed by atoms with E-state index in [-0.39, 0.29) is 12.0 Å². The van der Waals surface area contributed by atoms with Crippen molar-refractivity contribution in [1.82, 2.24) is 0 Å². The second-order valence-electron chi connectivity index (χ2n) is 6.02. The topological polar surface area (TPSA) is 37.3 Å². The van der Waals surface area contributed by atoms with Gasteiger partial charge in [-0.05, 0) is 30.4 Å². The van der Waals surface area contributed by atoms with Gasteiger partial charge in [0.15, 0.2) is 0 Å². The Balaban J connectivity index is 2.21. The first kappa shape index (κ1) is 15.9. The number of alkyl halides is 2. The second kappa shape index (κ2) is 6.08. The average Bonchev–Trinajstić information content (AvgIpc) is 2.38. The van der Waals surface area contributed by atoms with Crippen LogP contribution in [0.4, 0.5) is 13.2 Å². The van der Waals surface area contributed by atoms with Crippen molar-refractivity contribution in [3.8, 4) is 0 Å². The van der Waals surface area contributed by atoms with Crippen molar-refractivity contribution in [2.75, 3.05) is 0 Å². The molecule has 0 amide bonds. The lowest BCUT2D eigenvalue weighted by Gasteiger charge is -2.38. The molecule has 1 aromatic rings. The van der Waals surface area contributed by atoms with E-state index < -0.39 is 29.5 Å². The fraction of sp³-hybridized carbons (Fsp3) is 0.562. The summed E-state index contributed by atoms with van der Waals surface area (Å²) in [5.41, 5.74) is -1.11. The summed E-state index contributed by atoms with van der Waals surface area (Å²) in [4.78, 5) is 11.0. The fourth-order valence-electron chi connectivity index (χ4n) is 3.31. The highest BCUT2D eigenvalue weighted by atomic mass is 19.3. The van der Waals surface area contributed by atoms with E-state index in [2.05, 4.69) is 0 Å². The molecule has 0 unspecified atom stereocenters. The minimum atomic E-state index is -3.14. The SMILES string of the molecule is O=C(O)CC1(CC(F)(F)c2ccc(F)cc2)CCCCC1. The third-order valence-corrected chi connectivity index (χ3v) is 4.30. The lowest BCUT2D eigenvalue weighted by Crippen LogP contribution is -2.33. The Morgan fingerprint density at radius 1 is 1.14 bits per heavy atom. The Hall–Kier alpha value is -1.52. The van der Waals surface area contributed by atoms with E-state index in [0.29, 0.717) is 12.8 Å². The van der Waals surface area contributed by atoms with Crippen LogP contribution in [0.5, 0.6) is 0 Å². The zero-order valence-corrected chi connectivity index (χ0v) is 11.7. The van der Waals surface area contributed by atoms with Crippen molar-refractivity contribution in [2.24, 2.45) is 5.41 Å². The zero-order valence-electron chi connectivity index (χ0n) is 11.7. The highest BCUT2D eigenvalue weighted by molar-refractivity contribution is 5.67. The molecule has 21 heavy (non-hydrogen) atoms. The molecule has 116 valence electrons. The van der Waals surface area contributed by atoms with E-state index in [0.717, 1.165) is 43.5 Å². The van der Waals surface area contributed by atoms with Crippen LogP contribution in [0.2, 0.25) is 0 Å². The van der Waals surface area contributed by atoms with Crippen LogP contribution in [0.3, 0.4) is 0 Å². The summed E-state index contributed by atoms with van der Waals surface area (Å²) in [5, 5.41) is 9.04. The van der Waals surface area contributed by atoms with Crippen molar-refractivity contribution >= 4 is 5.97 Å². The predicted molar refractivity (Wildman–Crippen MR) is 72.7 cm³/mol. The molecule has 1 aliphatic carbocycles. The number of carbonyl (C=O) groups is 1. The molecule has 1 saturated carbocycles. The van der Waals surface area contributed by atoms with E-state index >= 15 is 0 Å². The third-order valence-electron chi connectivity index (χ3n) is 4.30. The summed E-state index contributed by atoms with van der Waals surface area (Å²) < 4.78 is 41.8. The number of carboxylic acids is 1. The minimum absolute atomic E-state index is 0.232. The third kappa shape index (κ3) is 3.99. The summed E-state index contributed by atoms with van der Waals surface area (Å²) in [6.07, 6.45) is 2.83. The molecule has 1 aromatic carbocycles. The molecule has 1 N–H and O–H groups in total. The highest BCUT2D eigenvalue weighted by Gasteiger charge is 2.44. The summed E-state index contributed by atoms with van der Waals surface area (Å²) in [6, 6.07) is 4.17. The van der Waals surface area contributed by atoms with Crippen LogP contribution in [0, 0.1) is 11.2 Å². The smallest absolute Gasteiger partial charge is 0.303 e. The Morgan fingerprint density at radius 2 is 1.71 bits per heavy atom. The molecular formula is C16H19F3O2. The van der Waals surface area contributed by atoms with Crippen molar-refractivity contribution in [2.45, 2.75) is 50.9 Å². The van der Waals surface area contributed by atoms with Gasteiger partial charge >= 0.3 is 5.97 Å². The van der Waals surface area contributed by atoms with Crippen molar-refractivity contribution < 1.29 is 23.1 Å². The van der Waals surface area contributed by atoms with Gasteiger partial charge in [-0.2, -0.15) is 0 Å². The van der Waals surface area contributed by atoms with Crippen molar-refractivity contribution in [3.63, 3.8) is 0 Å². The Morgan fingerprint density at radius 3 is 2.24 bits per heavy atom. The summed E-state index contributed by atoms with van der Waals surface area (Å²) in [7, 11) is 0. The maximum atomic E-state index is 14.5. The molecule has 0 aromatic heterocycles. The van der Waals surface area contributed by atoms with Crippen LogP contribution in [-0.4, -0.2) is 11.1 Å². The molecule has 0 saturated heterocycles. The number of hydrogen-bond donors (Lipinski definition) is 1. The van der Waals surface area contributed by atoms with Crippen LogP contribution in [0.1, 0.15) is 50.5 Å². The standard InChI is InChI=1S/C16H19F3O2/c17-13-6-4-12(5-7-13)16(18,19)11-15(10-14(20)21)8-2-1-3-9-15/h4-7H,1-3,8-11H2,(H,20,21). The first-order valence-electron chi connectivity index (χ1n) is 7.19. The van der Waals surface area contributed by atoms with Crippen LogP contribution >= 0.6 is 0 Å². The quantitative estimate of drug-likeness (QED) is 0.853. The molecule has 2 rings (SSSR count). The van der Waals surface area contributed by atoms with Gasteiger partial charge in [0.2, 0.25) is 0 Å². The number of halogens is 3. The summed E-state index contributed by atoms with van der Waals surface area (Å²) in [5.74, 6) is -4.74. The molecule has 0 spiro atoms.